The van der Waals surface area contributed by atoms with Crippen molar-refractivity contribution in [3.05, 3.63) is 11.4 Å². The molecule has 0 bridgehead atoms. The van der Waals surface area contributed by atoms with Gasteiger partial charge < -0.3 is 10.6 Å². The molecule has 0 radical (unpaired) electrons. The number of hydrogen-bond donors (Lipinski definition) is 1. The first-order valence-electron chi connectivity index (χ1n) is 6.99. The number of nitrogens with zero attached hydrogens (tertiary/aromatic N) is 4. The Labute approximate surface area is 109 Å². The SMILES string of the molecule is CCc1nnc(N(CCCN)C2CC2)nc1CC. The lowest BCUT2D eigenvalue weighted by molar-refractivity contribution is 0.687. The van der Waals surface area contributed by atoms with Gasteiger partial charge in [-0.05, 0) is 38.6 Å². The van der Waals surface area contributed by atoms with Gasteiger partial charge in [-0.1, -0.05) is 13.8 Å². The molecule has 18 heavy (non-hydrogen) atoms. The van der Waals surface area contributed by atoms with Gasteiger partial charge in [0.1, 0.15) is 0 Å². The summed E-state index contributed by atoms with van der Waals surface area (Å²) in [6.07, 6.45) is 5.28. The van der Waals surface area contributed by atoms with E-state index in [9.17, 15) is 0 Å². The van der Waals surface area contributed by atoms with Crippen molar-refractivity contribution in [1.82, 2.24) is 15.2 Å². The molecule has 0 atom stereocenters. The Morgan fingerprint density at radius 3 is 2.44 bits per heavy atom. The van der Waals surface area contributed by atoms with E-state index in [2.05, 4.69) is 33.9 Å². The van der Waals surface area contributed by atoms with E-state index < -0.39 is 0 Å². The van der Waals surface area contributed by atoms with Crippen LogP contribution in [0.4, 0.5) is 5.95 Å². The summed E-state index contributed by atoms with van der Waals surface area (Å²) in [6.45, 7) is 5.87. The zero-order chi connectivity index (χ0) is 13.0. The highest BCUT2D eigenvalue weighted by Gasteiger charge is 2.30. The van der Waals surface area contributed by atoms with E-state index in [0.29, 0.717) is 12.6 Å². The third-order valence-electron chi connectivity index (χ3n) is 3.35. The van der Waals surface area contributed by atoms with Gasteiger partial charge in [0.2, 0.25) is 5.95 Å². The Kier molecular flexibility index (Phi) is 4.47. The van der Waals surface area contributed by atoms with Crippen LogP contribution in [-0.4, -0.2) is 34.3 Å². The molecule has 5 nitrogen and oxygen atoms in total. The smallest absolute Gasteiger partial charge is 0.245 e. The fourth-order valence-corrected chi connectivity index (χ4v) is 2.14. The standard InChI is InChI=1S/C13H23N5/c1-3-11-12(4-2)16-17-13(15-11)18(9-5-8-14)10-6-7-10/h10H,3-9,14H2,1-2H3. The van der Waals surface area contributed by atoms with Crippen LogP contribution in [0.15, 0.2) is 0 Å². The van der Waals surface area contributed by atoms with E-state index >= 15 is 0 Å². The van der Waals surface area contributed by atoms with Crippen molar-refractivity contribution in [3.63, 3.8) is 0 Å². The largest absolute Gasteiger partial charge is 0.336 e. The summed E-state index contributed by atoms with van der Waals surface area (Å²) in [7, 11) is 0. The van der Waals surface area contributed by atoms with Gasteiger partial charge in [0.25, 0.3) is 0 Å². The fraction of sp³-hybridized carbons (Fsp3) is 0.769. The lowest BCUT2D eigenvalue weighted by Gasteiger charge is -2.22. The summed E-state index contributed by atoms with van der Waals surface area (Å²) in [4.78, 5) is 6.96. The lowest BCUT2D eigenvalue weighted by atomic mass is 10.2. The van der Waals surface area contributed by atoms with Crippen molar-refractivity contribution in [3.8, 4) is 0 Å². The lowest BCUT2D eigenvalue weighted by Crippen LogP contribution is -2.30. The van der Waals surface area contributed by atoms with Crippen LogP contribution in [0.5, 0.6) is 0 Å². The molecule has 5 heteroatoms. The van der Waals surface area contributed by atoms with E-state index in [-0.39, 0.29) is 0 Å². The Hall–Kier alpha value is -1.23. The highest BCUT2D eigenvalue weighted by molar-refractivity contribution is 5.34. The molecule has 0 aromatic carbocycles. The van der Waals surface area contributed by atoms with E-state index in [1.54, 1.807) is 0 Å². The van der Waals surface area contributed by atoms with Crippen molar-refractivity contribution < 1.29 is 0 Å². The topological polar surface area (TPSA) is 67.9 Å². The van der Waals surface area contributed by atoms with Crippen molar-refractivity contribution >= 4 is 5.95 Å². The molecule has 1 aromatic rings. The highest BCUT2D eigenvalue weighted by atomic mass is 15.3. The van der Waals surface area contributed by atoms with Gasteiger partial charge in [0, 0.05) is 12.6 Å². The summed E-state index contributed by atoms with van der Waals surface area (Å²) in [5.74, 6) is 0.792. The minimum atomic E-state index is 0.607. The van der Waals surface area contributed by atoms with Crippen molar-refractivity contribution in [1.29, 1.82) is 0 Å². The first kappa shape index (κ1) is 13.2. The number of nitrogens with two attached hydrogens (primary N) is 1. The van der Waals surface area contributed by atoms with E-state index in [4.69, 9.17) is 5.73 Å². The molecule has 1 heterocycles. The number of anilines is 1. The average Bonchev–Trinajstić information content (AvgIpc) is 3.23. The summed E-state index contributed by atoms with van der Waals surface area (Å²) < 4.78 is 0. The van der Waals surface area contributed by atoms with E-state index in [1.165, 1.54) is 12.8 Å². The second-order valence-corrected chi connectivity index (χ2v) is 4.78. The van der Waals surface area contributed by atoms with Crippen molar-refractivity contribution in [2.45, 2.75) is 52.0 Å². The Bertz CT molecular complexity index is 389. The molecule has 0 spiro atoms. The van der Waals surface area contributed by atoms with Gasteiger partial charge in [-0.2, -0.15) is 5.10 Å². The maximum Gasteiger partial charge on any atom is 0.245 e. The number of hydrogen-bond acceptors (Lipinski definition) is 5. The average molecular weight is 249 g/mol. The molecule has 1 aromatic heterocycles. The molecule has 0 aliphatic heterocycles. The van der Waals surface area contributed by atoms with Crippen LogP contribution in [0.3, 0.4) is 0 Å². The third-order valence-corrected chi connectivity index (χ3v) is 3.35. The highest BCUT2D eigenvalue weighted by Crippen LogP contribution is 2.29. The van der Waals surface area contributed by atoms with Crippen LogP contribution >= 0.6 is 0 Å². The van der Waals surface area contributed by atoms with Gasteiger partial charge >= 0.3 is 0 Å². The molecule has 100 valence electrons. The van der Waals surface area contributed by atoms with Gasteiger partial charge in [0.05, 0.1) is 11.4 Å². The molecule has 1 aliphatic carbocycles. The fourth-order valence-electron chi connectivity index (χ4n) is 2.14. The van der Waals surface area contributed by atoms with Crippen LogP contribution in [0.1, 0.15) is 44.5 Å². The Morgan fingerprint density at radius 1 is 1.17 bits per heavy atom. The molecule has 1 saturated carbocycles. The minimum Gasteiger partial charge on any atom is -0.336 e. The molecule has 0 saturated heterocycles. The molecule has 0 amide bonds. The van der Waals surface area contributed by atoms with Gasteiger partial charge in [-0.3, -0.25) is 0 Å². The quantitative estimate of drug-likeness (QED) is 0.789. The van der Waals surface area contributed by atoms with Gasteiger partial charge in [-0.25, -0.2) is 4.98 Å². The van der Waals surface area contributed by atoms with Crippen molar-refractivity contribution in [2.24, 2.45) is 5.73 Å². The first-order chi connectivity index (χ1) is 8.80. The number of aromatic nitrogens is 3. The Balaban J connectivity index is 2.18. The molecular formula is C13H23N5. The molecule has 1 aliphatic rings. The molecular weight excluding hydrogens is 226 g/mol. The van der Waals surface area contributed by atoms with Gasteiger partial charge in [0.15, 0.2) is 0 Å². The summed E-state index contributed by atoms with van der Waals surface area (Å²) in [5.41, 5.74) is 7.70. The normalized spacial score (nSPS) is 14.8. The molecule has 0 unspecified atom stereocenters. The first-order valence-corrected chi connectivity index (χ1v) is 6.99. The molecule has 2 N–H and O–H groups in total. The second-order valence-electron chi connectivity index (χ2n) is 4.78. The zero-order valence-electron chi connectivity index (χ0n) is 11.4. The number of aryl methyl sites for hydroxylation is 2. The predicted octanol–water partition coefficient (Wildman–Crippen LogP) is 1.31. The molecule has 2 rings (SSSR count). The van der Waals surface area contributed by atoms with Crippen LogP contribution in [0.2, 0.25) is 0 Å². The van der Waals surface area contributed by atoms with E-state index in [0.717, 1.165) is 43.1 Å². The van der Waals surface area contributed by atoms with Crippen LogP contribution < -0.4 is 10.6 Å². The third kappa shape index (κ3) is 2.96. The second kappa shape index (κ2) is 6.09. The monoisotopic (exact) mass is 249 g/mol. The van der Waals surface area contributed by atoms with Gasteiger partial charge in [-0.15, -0.1) is 5.10 Å². The maximum absolute atomic E-state index is 5.59. The van der Waals surface area contributed by atoms with Crippen molar-refractivity contribution in [2.75, 3.05) is 18.0 Å². The minimum absolute atomic E-state index is 0.607. The van der Waals surface area contributed by atoms with Crippen LogP contribution in [-0.2, 0) is 12.8 Å². The van der Waals surface area contributed by atoms with Crippen LogP contribution in [0.25, 0.3) is 0 Å². The maximum atomic E-state index is 5.59. The summed E-state index contributed by atoms with van der Waals surface area (Å²) in [6, 6.07) is 0.607. The van der Waals surface area contributed by atoms with E-state index in [1.807, 2.05) is 0 Å². The zero-order valence-corrected chi connectivity index (χ0v) is 11.4. The Morgan fingerprint density at radius 2 is 1.89 bits per heavy atom. The number of rotatable bonds is 7. The van der Waals surface area contributed by atoms with Crippen LogP contribution in [0, 0.1) is 0 Å². The summed E-state index contributed by atoms with van der Waals surface area (Å²) in [5, 5.41) is 8.62. The summed E-state index contributed by atoms with van der Waals surface area (Å²) >= 11 is 0. The predicted molar refractivity (Wildman–Crippen MR) is 72.6 cm³/mol. The molecule has 1 fully saturated rings.